The number of aromatic amines is 1. The molecule has 2 N–H and O–H groups in total. The van der Waals surface area contributed by atoms with E-state index in [1.165, 1.54) is 4.90 Å². The standard InChI is InChI=1S/C31H22Cl2N4O4S2/c1-17-22(29(37(35-17)20-7-3-2-4-8-20)41-26-12-11-19(32)14-23(26)33)15-27-28(38)36(31(42)43-27)25(30(39)40)13-18-16-34-24-10-6-5-9-21(18)24/h2-12,14-16,25,34H,13H2,1H3,(H,39,40)/b27-15-/t25-/m0/s1. The minimum absolute atomic E-state index is 0.0768. The smallest absolute Gasteiger partial charge is 0.327 e. The molecule has 5 aromatic rings. The molecule has 0 radical (unpaired) electrons. The van der Waals surface area contributed by atoms with Crippen LogP contribution in [0.2, 0.25) is 10.0 Å². The van der Waals surface area contributed by atoms with Crippen LogP contribution in [0.15, 0.2) is 83.9 Å². The second-order valence-corrected chi connectivity index (χ2v) is 12.2. The number of hydrogen-bond donors (Lipinski definition) is 2. The van der Waals surface area contributed by atoms with E-state index in [0.717, 1.165) is 33.9 Å². The summed E-state index contributed by atoms with van der Waals surface area (Å²) in [4.78, 5) is 30.8. The average molecular weight is 650 g/mol. The van der Waals surface area contributed by atoms with Crippen LogP contribution in [0.5, 0.6) is 11.6 Å². The van der Waals surface area contributed by atoms with Crippen molar-refractivity contribution in [1.82, 2.24) is 19.7 Å². The fraction of sp³-hybridized carbons (Fsp3) is 0.0968. The lowest BCUT2D eigenvalue weighted by atomic mass is 10.0. The summed E-state index contributed by atoms with van der Waals surface area (Å²) < 4.78 is 8.07. The van der Waals surface area contributed by atoms with Crippen LogP contribution in [0.4, 0.5) is 0 Å². The maximum absolute atomic E-state index is 13.8. The summed E-state index contributed by atoms with van der Waals surface area (Å²) in [6, 6.07) is 20.6. The number of aromatic nitrogens is 3. The number of thioether (sulfide) groups is 1. The number of para-hydroxylation sites is 2. The highest BCUT2D eigenvalue weighted by molar-refractivity contribution is 8.26. The molecule has 0 saturated carbocycles. The number of nitrogens with one attached hydrogen (secondary N) is 1. The first-order valence-electron chi connectivity index (χ1n) is 13.0. The van der Waals surface area contributed by atoms with E-state index < -0.39 is 17.9 Å². The van der Waals surface area contributed by atoms with Crippen LogP contribution in [-0.2, 0) is 16.0 Å². The molecule has 0 spiro atoms. The van der Waals surface area contributed by atoms with Crippen LogP contribution in [0.1, 0.15) is 16.8 Å². The van der Waals surface area contributed by atoms with Crippen molar-refractivity contribution >= 4 is 80.4 Å². The molecule has 0 unspecified atom stereocenters. The van der Waals surface area contributed by atoms with Crippen LogP contribution in [0.25, 0.3) is 22.7 Å². The maximum Gasteiger partial charge on any atom is 0.327 e. The number of aliphatic carboxylic acids is 1. The van der Waals surface area contributed by atoms with E-state index in [4.69, 9.17) is 40.2 Å². The molecular weight excluding hydrogens is 627 g/mol. The Labute approximate surface area is 265 Å². The molecule has 6 rings (SSSR count). The van der Waals surface area contributed by atoms with Gasteiger partial charge in [0.2, 0.25) is 5.88 Å². The minimum atomic E-state index is -1.20. The highest BCUT2D eigenvalue weighted by atomic mass is 35.5. The van der Waals surface area contributed by atoms with Crippen LogP contribution >= 0.6 is 47.2 Å². The Morgan fingerprint density at radius 1 is 1.14 bits per heavy atom. The largest absolute Gasteiger partial charge is 0.480 e. The predicted molar refractivity (Wildman–Crippen MR) is 173 cm³/mol. The number of amides is 1. The number of ether oxygens (including phenoxy) is 1. The van der Waals surface area contributed by atoms with E-state index in [1.807, 2.05) is 54.6 Å². The Kier molecular flexibility index (Phi) is 8.02. The molecule has 0 aliphatic carbocycles. The highest BCUT2D eigenvalue weighted by Crippen LogP contribution is 2.40. The Morgan fingerprint density at radius 2 is 1.88 bits per heavy atom. The van der Waals surface area contributed by atoms with Crippen LogP contribution in [0, 0.1) is 6.92 Å². The van der Waals surface area contributed by atoms with E-state index in [1.54, 1.807) is 42.1 Å². The molecule has 8 nitrogen and oxygen atoms in total. The molecule has 216 valence electrons. The molecule has 43 heavy (non-hydrogen) atoms. The number of carboxylic acids is 1. The number of nitrogens with zero attached hydrogens (tertiary/aromatic N) is 3. The number of carboxylic acid groups (broad SMARTS) is 1. The predicted octanol–water partition coefficient (Wildman–Crippen LogP) is 7.66. The molecule has 1 saturated heterocycles. The SMILES string of the molecule is Cc1nn(-c2ccccc2)c(Oc2ccc(Cl)cc2Cl)c1/C=C1\SC(=S)N([C@@H](Cc2c[nH]c3ccccc23)C(=O)O)C1=O. The number of fused-ring (bicyclic) bond motifs is 1. The molecule has 1 aliphatic rings. The molecule has 2 aromatic heterocycles. The number of H-pyrrole nitrogens is 1. The van der Waals surface area contributed by atoms with Crippen LogP contribution < -0.4 is 4.74 Å². The van der Waals surface area contributed by atoms with Crippen LogP contribution in [-0.4, -0.2) is 47.0 Å². The van der Waals surface area contributed by atoms with Crippen molar-refractivity contribution in [1.29, 1.82) is 0 Å². The summed E-state index contributed by atoms with van der Waals surface area (Å²) in [6.45, 7) is 1.79. The van der Waals surface area contributed by atoms with Gasteiger partial charge in [-0.05, 0) is 55.0 Å². The monoisotopic (exact) mass is 648 g/mol. The number of hydrogen-bond acceptors (Lipinski definition) is 6. The van der Waals surface area contributed by atoms with Crippen LogP contribution in [0.3, 0.4) is 0 Å². The van der Waals surface area contributed by atoms with Crippen molar-refractivity contribution in [2.24, 2.45) is 0 Å². The van der Waals surface area contributed by atoms with Crippen molar-refractivity contribution < 1.29 is 19.4 Å². The van der Waals surface area contributed by atoms with E-state index in [0.29, 0.717) is 32.9 Å². The second-order valence-electron chi connectivity index (χ2n) is 9.70. The number of aryl methyl sites for hydroxylation is 1. The lowest BCUT2D eigenvalue weighted by Gasteiger charge is -2.23. The van der Waals surface area contributed by atoms with Gasteiger partial charge in [0.05, 0.1) is 26.9 Å². The van der Waals surface area contributed by atoms with Gasteiger partial charge < -0.3 is 14.8 Å². The van der Waals surface area contributed by atoms with Gasteiger partial charge in [-0.1, -0.05) is 83.6 Å². The molecule has 1 fully saturated rings. The number of carbonyl (C=O) groups excluding carboxylic acids is 1. The summed E-state index contributed by atoms with van der Waals surface area (Å²) in [5.41, 5.74) is 3.46. The van der Waals surface area contributed by atoms with Gasteiger partial charge in [-0.25, -0.2) is 4.79 Å². The zero-order valence-corrected chi connectivity index (χ0v) is 25.6. The van der Waals surface area contributed by atoms with E-state index in [9.17, 15) is 14.7 Å². The quantitative estimate of drug-likeness (QED) is 0.132. The Bertz CT molecular complexity index is 1940. The lowest BCUT2D eigenvalue weighted by molar-refractivity contribution is -0.145. The Hall–Kier alpha value is -4.09. The van der Waals surface area contributed by atoms with Gasteiger partial charge in [-0.15, -0.1) is 0 Å². The minimum Gasteiger partial charge on any atom is -0.480 e. The first-order chi connectivity index (χ1) is 20.7. The normalized spacial score (nSPS) is 15.0. The molecule has 0 bridgehead atoms. The fourth-order valence-corrected chi connectivity index (χ4v) is 6.65. The third-order valence-electron chi connectivity index (χ3n) is 6.95. The Balaban J connectivity index is 1.38. The van der Waals surface area contributed by atoms with Gasteiger partial charge in [0.15, 0.2) is 0 Å². The summed E-state index contributed by atoms with van der Waals surface area (Å²) in [5.74, 6) is -1.01. The zero-order chi connectivity index (χ0) is 30.2. The number of rotatable bonds is 8. The first kappa shape index (κ1) is 29.0. The van der Waals surface area contributed by atoms with Gasteiger partial charge in [0.25, 0.3) is 5.91 Å². The van der Waals surface area contributed by atoms with Gasteiger partial charge in [0.1, 0.15) is 16.1 Å². The topological polar surface area (TPSA) is 100 Å². The average Bonchev–Trinajstić information content (AvgIpc) is 3.63. The Morgan fingerprint density at radius 3 is 2.63 bits per heavy atom. The molecule has 3 heterocycles. The third-order valence-corrected chi connectivity index (χ3v) is 8.81. The molecule has 12 heteroatoms. The van der Waals surface area contributed by atoms with Crippen molar-refractivity contribution in [2.45, 2.75) is 19.4 Å². The summed E-state index contributed by atoms with van der Waals surface area (Å²) >= 11 is 19.1. The fourth-order valence-electron chi connectivity index (χ4n) is 4.87. The molecule has 1 amide bonds. The van der Waals surface area contributed by atoms with E-state index >= 15 is 0 Å². The van der Waals surface area contributed by atoms with E-state index in [2.05, 4.69) is 10.1 Å². The van der Waals surface area contributed by atoms with Crippen molar-refractivity contribution in [3.05, 3.63) is 111 Å². The first-order valence-corrected chi connectivity index (χ1v) is 15.0. The van der Waals surface area contributed by atoms with Crippen molar-refractivity contribution in [3.8, 4) is 17.3 Å². The molecule has 1 atom stereocenters. The summed E-state index contributed by atoms with van der Waals surface area (Å²) in [6.07, 6.45) is 3.47. The molecule has 3 aromatic carbocycles. The number of thiocarbonyl (C=S) groups is 1. The number of benzene rings is 3. The number of halogens is 2. The van der Waals surface area contributed by atoms with Crippen molar-refractivity contribution in [2.75, 3.05) is 0 Å². The van der Waals surface area contributed by atoms with Crippen molar-refractivity contribution in [3.63, 3.8) is 0 Å². The molecular formula is C31H22Cl2N4O4S2. The third kappa shape index (κ3) is 5.66. The molecule has 1 aliphatic heterocycles. The summed E-state index contributed by atoms with van der Waals surface area (Å²) in [7, 11) is 0. The summed E-state index contributed by atoms with van der Waals surface area (Å²) in [5, 5.41) is 16.5. The van der Waals surface area contributed by atoms with E-state index in [-0.39, 0.29) is 15.6 Å². The van der Waals surface area contributed by atoms with Gasteiger partial charge in [-0.2, -0.15) is 9.78 Å². The highest BCUT2D eigenvalue weighted by Gasteiger charge is 2.41. The number of carbonyl (C=O) groups is 2. The van der Waals surface area contributed by atoms with Gasteiger partial charge in [-0.3, -0.25) is 9.69 Å². The zero-order valence-electron chi connectivity index (χ0n) is 22.5. The lowest BCUT2D eigenvalue weighted by Crippen LogP contribution is -2.45. The maximum atomic E-state index is 13.8. The van der Waals surface area contributed by atoms with Gasteiger partial charge >= 0.3 is 5.97 Å². The van der Waals surface area contributed by atoms with Gasteiger partial charge in [0, 0.05) is 28.5 Å². The second kappa shape index (κ2) is 11.9.